The molecule has 2 aromatic heterocycles. The molecule has 0 bridgehead atoms. The van der Waals surface area contributed by atoms with Gasteiger partial charge in [-0.15, -0.1) is 0 Å². The molecule has 3 aromatic rings. The second-order valence-corrected chi connectivity index (χ2v) is 5.94. The number of nitrogens with zero attached hydrogens (tertiary/aromatic N) is 3. The Morgan fingerprint density at radius 3 is 2.74 bits per heavy atom. The monoisotopic (exact) mass is 366 g/mol. The van der Waals surface area contributed by atoms with Crippen molar-refractivity contribution in [3.8, 4) is 22.9 Å². The highest BCUT2D eigenvalue weighted by atomic mass is 16.5. The van der Waals surface area contributed by atoms with Crippen molar-refractivity contribution in [1.29, 1.82) is 0 Å². The van der Waals surface area contributed by atoms with Gasteiger partial charge in [0.1, 0.15) is 17.3 Å². The Morgan fingerprint density at radius 2 is 2.04 bits per heavy atom. The molecule has 0 saturated heterocycles. The second kappa shape index (κ2) is 8.35. The number of amides is 1. The molecule has 0 aliphatic carbocycles. The molecule has 2 heterocycles. The topological polar surface area (TPSA) is 78.3 Å². The summed E-state index contributed by atoms with van der Waals surface area (Å²) < 4.78 is 12.5. The molecule has 7 heteroatoms. The maximum absolute atomic E-state index is 12.5. The first-order chi connectivity index (χ1) is 13.1. The standard InChI is InChI=1S/C20H22N4O3/c1-14-12-23-19(15-5-4-8-21-13-15)24(14)10-9-22-20(25)17-7-6-16(26-2)11-18(17)27-3/h4-8,11-13H,9-10H2,1-3H3,(H,22,25). The molecule has 7 nitrogen and oxygen atoms in total. The van der Waals surface area contributed by atoms with Crippen molar-refractivity contribution in [2.75, 3.05) is 20.8 Å². The first-order valence-corrected chi connectivity index (χ1v) is 8.56. The Morgan fingerprint density at radius 1 is 1.19 bits per heavy atom. The van der Waals surface area contributed by atoms with Gasteiger partial charge in [-0.25, -0.2) is 4.98 Å². The van der Waals surface area contributed by atoms with Crippen LogP contribution in [0.5, 0.6) is 11.5 Å². The van der Waals surface area contributed by atoms with Crippen molar-refractivity contribution in [1.82, 2.24) is 19.9 Å². The van der Waals surface area contributed by atoms with E-state index in [1.165, 1.54) is 7.11 Å². The zero-order chi connectivity index (χ0) is 19.2. The fourth-order valence-corrected chi connectivity index (χ4v) is 2.83. The predicted molar refractivity (Wildman–Crippen MR) is 102 cm³/mol. The summed E-state index contributed by atoms with van der Waals surface area (Å²) in [5, 5.41) is 2.93. The summed E-state index contributed by atoms with van der Waals surface area (Å²) in [6, 6.07) is 8.96. The van der Waals surface area contributed by atoms with E-state index in [-0.39, 0.29) is 5.91 Å². The van der Waals surface area contributed by atoms with Gasteiger partial charge < -0.3 is 19.4 Å². The van der Waals surface area contributed by atoms with Crippen LogP contribution in [0.15, 0.2) is 48.9 Å². The van der Waals surface area contributed by atoms with Gasteiger partial charge in [0.2, 0.25) is 0 Å². The third kappa shape index (κ3) is 4.08. The lowest BCUT2D eigenvalue weighted by Gasteiger charge is -2.13. The van der Waals surface area contributed by atoms with Crippen LogP contribution in [0.25, 0.3) is 11.4 Å². The molecule has 0 aliphatic rings. The molecule has 0 spiro atoms. The quantitative estimate of drug-likeness (QED) is 0.696. The number of pyridine rings is 1. The van der Waals surface area contributed by atoms with Crippen molar-refractivity contribution in [3.63, 3.8) is 0 Å². The van der Waals surface area contributed by atoms with Gasteiger partial charge in [0.05, 0.1) is 19.8 Å². The van der Waals surface area contributed by atoms with E-state index >= 15 is 0 Å². The van der Waals surface area contributed by atoms with E-state index in [0.717, 1.165) is 17.1 Å². The first kappa shape index (κ1) is 18.4. The van der Waals surface area contributed by atoms with Gasteiger partial charge >= 0.3 is 0 Å². The lowest BCUT2D eigenvalue weighted by Crippen LogP contribution is -2.28. The zero-order valence-corrected chi connectivity index (χ0v) is 15.6. The lowest BCUT2D eigenvalue weighted by molar-refractivity contribution is 0.0949. The lowest BCUT2D eigenvalue weighted by atomic mass is 10.1. The van der Waals surface area contributed by atoms with E-state index in [1.54, 1.807) is 37.7 Å². The van der Waals surface area contributed by atoms with E-state index in [1.807, 2.05) is 25.3 Å². The van der Waals surface area contributed by atoms with Gasteiger partial charge in [-0.3, -0.25) is 9.78 Å². The highest BCUT2D eigenvalue weighted by molar-refractivity contribution is 5.97. The number of aryl methyl sites for hydroxylation is 1. The normalized spacial score (nSPS) is 10.5. The van der Waals surface area contributed by atoms with Gasteiger partial charge in [-0.2, -0.15) is 0 Å². The Balaban J connectivity index is 1.69. The third-order valence-corrected chi connectivity index (χ3v) is 4.25. The van der Waals surface area contributed by atoms with Crippen LogP contribution in [0.3, 0.4) is 0 Å². The smallest absolute Gasteiger partial charge is 0.255 e. The number of nitrogens with one attached hydrogen (secondary N) is 1. The molecule has 0 saturated carbocycles. The minimum absolute atomic E-state index is 0.199. The zero-order valence-electron chi connectivity index (χ0n) is 15.6. The van der Waals surface area contributed by atoms with Crippen LogP contribution in [0, 0.1) is 6.92 Å². The van der Waals surface area contributed by atoms with Gasteiger partial charge in [-0.1, -0.05) is 0 Å². The van der Waals surface area contributed by atoms with Crippen LogP contribution in [-0.4, -0.2) is 41.2 Å². The molecule has 27 heavy (non-hydrogen) atoms. The van der Waals surface area contributed by atoms with E-state index < -0.39 is 0 Å². The van der Waals surface area contributed by atoms with Crippen LogP contribution in [-0.2, 0) is 6.54 Å². The SMILES string of the molecule is COc1ccc(C(=O)NCCn2c(C)cnc2-c2cccnc2)c(OC)c1. The average molecular weight is 366 g/mol. The van der Waals surface area contributed by atoms with Crippen molar-refractivity contribution >= 4 is 5.91 Å². The first-order valence-electron chi connectivity index (χ1n) is 8.56. The number of rotatable bonds is 7. The van der Waals surface area contributed by atoms with Crippen LogP contribution < -0.4 is 14.8 Å². The Kier molecular flexibility index (Phi) is 5.71. The molecule has 1 aromatic carbocycles. The summed E-state index contributed by atoms with van der Waals surface area (Å²) in [5.74, 6) is 1.74. The molecule has 1 amide bonds. The third-order valence-electron chi connectivity index (χ3n) is 4.25. The fourth-order valence-electron chi connectivity index (χ4n) is 2.83. The largest absolute Gasteiger partial charge is 0.497 e. The van der Waals surface area contributed by atoms with E-state index in [4.69, 9.17) is 9.47 Å². The van der Waals surface area contributed by atoms with Crippen LogP contribution in [0.4, 0.5) is 0 Å². The molecule has 0 unspecified atom stereocenters. The summed E-state index contributed by atoms with van der Waals surface area (Å²) >= 11 is 0. The van der Waals surface area contributed by atoms with Gasteiger partial charge in [0.15, 0.2) is 0 Å². The van der Waals surface area contributed by atoms with E-state index in [2.05, 4.69) is 19.9 Å². The molecule has 0 atom stereocenters. The highest BCUT2D eigenvalue weighted by Gasteiger charge is 2.14. The minimum Gasteiger partial charge on any atom is -0.497 e. The van der Waals surface area contributed by atoms with E-state index in [0.29, 0.717) is 30.2 Å². The number of carbonyl (C=O) groups is 1. The summed E-state index contributed by atoms with van der Waals surface area (Å²) in [6.45, 7) is 3.04. The van der Waals surface area contributed by atoms with Crippen LogP contribution >= 0.6 is 0 Å². The molecule has 140 valence electrons. The number of carbonyl (C=O) groups excluding carboxylic acids is 1. The Bertz CT molecular complexity index is 922. The minimum atomic E-state index is -0.199. The number of hydrogen-bond acceptors (Lipinski definition) is 5. The number of imidazole rings is 1. The van der Waals surface area contributed by atoms with Crippen molar-refractivity contribution in [2.24, 2.45) is 0 Å². The fraction of sp³-hybridized carbons (Fsp3) is 0.250. The Labute approximate surface area is 158 Å². The average Bonchev–Trinajstić information content (AvgIpc) is 3.08. The van der Waals surface area contributed by atoms with Crippen molar-refractivity contribution in [2.45, 2.75) is 13.5 Å². The summed E-state index contributed by atoms with van der Waals surface area (Å²) in [6.07, 6.45) is 5.32. The van der Waals surface area contributed by atoms with Crippen molar-refractivity contribution in [3.05, 3.63) is 60.2 Å². The summed E-state index contributed by atoms with van der Waals surface area (Å²) in [4.78, 5) is 21.1. The molecule has 3 rings (SSSR count). The van der Waals surface area contributed by atoms with E-state index in [9.17, 15) is 4.79 Å². The van der Waals surface area contributed by atoms with Crippen LogP contribution in [0.2, 0.25) is 0 Å². The molecule has 0 radical (unpaired) electrons. The van der Waals surface area contributed by atoms with Gasteiger partial charge in [0, 0.05) is 49.0 Å². The maximum atomic E-state index is 12.5. The number of benzene rings is 1. The summed E-state index contributed by atoms with van der Waals surface area (Å²) in [7, 11) is 3.10. The Hall–Kier alpha value is -3.35. The molecular weight excluding hydrogens is 344 g/mol. The maximum Gasteiger partial charge on any atom is 0.255 e. The predicted octanol–water partition coefficient (Wildman–Crippen LogP) is 2.70. The molecular formula is C20H22N4O3. The van der Waals surface area contributed by atoms with Gasteiger partial charge in [0.25, 0.3) is 5.91 Å². The van der Waals surface area contributed by atoms with Crippen molar-refractivity contribution < 1.29 is 14.3 Å². The molecule has 0 aliphatic heterocycles. The number of methoxy groups -OCH3 is 2. The second-order valence-electron chi connectivity index (χ2n) is 5.94. The number of hydrogen-bond donors (Lipinski definition) is 1. The van der Waals surface area contributed by atoms with Gasteiger partial charge in [-0.05, 0) is 31.2 Å². The molecule has 1 N–H and O–H groups in total. The molecule has 0 fully saturated rings. The van der Waals surface area contributed by atoms with Crippen LogP contribution in [0.1, 0.15) is 16.1 Å². The number of aromatic nitrogens is 3. The highest BCUT2D eigenvalue weighted by Crippen LogP contribution is 2.24. The number of ether oxygens (including phenoxy) is 2. The summed E-state index contributed by atoms with van der Waals surface area (Å²) in [5.41, 5.74) is 2.42.